The molecule has 5 nitrogen and oxygen atoms in total. The Morgan fingerprint density at radius 1 is 1.17 bits per heavy atom. The first-order chi connectivity index (χ1) is 13.8. The van der Waals surface area contributed by atoms with Crippen molar-refractivity contribution in [3.8, 4) is 5.75 Å². The standard InChI is InChI=1S/C21H21Cl2FN2O3/c22-13-1-4-17(16(24)11-13)26-9-7-21(28,8-10-26)12-29-18-5-3-15(23)20-14(18)2-6-19(27)25-20/h1,3-5,11,28H,2,6-10,12H2,(H,25,27). The first-order valence-electron chi connectivity index (χ1n) is 9.51. The van der Waals surface area contributed by atoms with E-state index in [1.165, 1.54) is 6.07 Å². The normalized spacial score (nSPS) is 18.2. The van der Waals surface area contributed by atoms with Gasteiger partial charge in [0.1, 0.15) is 23.8 Å². The Hall–Kier alpha value is -2.02. The summed E-state index contributed by atoms with van der Waals surface area (Å²) in [5.41, 5.74) is 0.908. The molecular formula is C21H21Cl2FN2O3. The molecule has 1 amide bonds. The van der Waals surface area contributed by atoms with Crippen LogP contribution in [-0.2, 0) is 11.2 Å². The average molecular weight is 439 g/mol. The minimum Gasteiger partial charge on any atom is -0.490 e. The van der Waals surface area contributed by atoms with E-state index in [0.29, 0.717) is 65.9 Å². The molecule has 1 saturated heterocycles. The van der Waals surface area contributed by atoms with E-state index in [2.05, 4.69) is 5.32 Å². The Bertz CT molecular complexity index is 946. The van der Waals surface area contributed by atoms with E-state index in [9.17, 15) is 14.3 Å². The van der Waals surface area contributed by atoms with E-state index in [0.717, 1.165) is 5.56 Å². The highest BCUT2D eigenvalue weighted by molar-refractivity contribution is 6.34. The van der Waals surface area contributed by atoms with E-state index >= 15 is 0 Å². The van der Waals surface area contributed by atoms with Gasteiger partial charge < -0.3 is 20.1 Å². The maximum absolute atomic E-state index is 14.2. The molecule has 0 unspecified atom stereocenters. The quantitative estimate of drug-likeness (QED) is 0.740. The molecule has 8 heteroatoms. The van der Waals surface area contributed by atoms with E-state index < -0.39 is 5.60 Å². The Labute approximate surface area is 178 Å². The summed E-state index contributed by atoms with van der Waals surface area (Å²) in [7, 11) is 0. The molecule has 0 saturated carbocycles. The third-order valence-corrected chi connectivity index (χ3v) is 6.08. The Balaban J connectivity index is 1.41. The first-order valence-corrected chi connectivity index (χ1v) is 10.3. The van der Waals surface area contributed by atoms with Crippen LogP contribution in [0.25, 0.3) is 0 Å². The molecule has 29 heavy (non-hydrogen) atoms. The summed E-state index contributed by atoms with van der Waals surface area (Å²) in [4.78, 5) is 13.5. The summed E-state index contributed by atoms with van der Waals surface area (Å²) in [6.07, 6.45) is 1.80. The SMILES string of the molecule is O=C1CCc2c(OCC3(O)CCN(c4ccc(Cl)cc4F)CC3)ccc(Cl)c2N1. The minimum absolute atomic E-state index is 0.0722. The largest absolute Gasteiger partial charge is 0.490 e. The number of nitrogens with zero attached hydrogens (tertiary/aromatic N) is 1. The number of piperidine rings is 1. The second-order valence-corrected chi connectivity index (χ2v) is 8.39. The van der Waals surface area contributed by atoms with Crippen LogP contribution in [0.3, 0.4) is 0 Å². The molecule has 154 valence electrons. The van der Waals surface area contributed by atoms with Crippen LogP contribution in [0.2, 0.25) is 10.0 Å². The fraction of sp³-hybridized carbons (Fsp3) is 0.381. The smallest absolute Gasteiger partial charge is 0.224 e. The van der Waals surface area contributed by atoms with Crippen molar-refractivity contribution in [2.24, 2.45) is 0 Å². The number of carbonyl (C=O) groups excluding carboxylic acids is 1. The molecule has 2 N–H and O–H groups in total. The molecule has 0 radical (unpaired) electrons. The summed E-state index contributed by atoms with van der Waals surface area (Å²) in [5, 5.41) is 14.6. The lowest BCUT2D eigenvalue weighted by molar-refractivity contribution is -0.116. The molecule has 2 aliphatic heterocycles. The molecular weight excluding hydrogens is 418 g/mol. The van der Waals surface area contributed by atoms with Gasteiger partial charge >= 0.3 is 0 Å². The van der Waals surface area contributed by atoms with Crippen molar-refractivity contribution >= 4 is 40.5 Å². The zero-order chi connectivity index (χ0) is 20.6. The van der Waals surface area contributed by atoms with Gasteiger partial charge in [0.05, 0.1) is 16.4 Å². The van der Waals surface area contributed by atoms with Crippen LogP contribution in [0.5, 0.6) is 5.75 Å². The summed E-state index contributed by atoms with van der Waals surface area (Å²) >= 11 is 12.0. The zero-order valence-corrected chi connectivity index (χ0v) is 17.2. The second kappa shape index (κ2) is 8.01. The molecule has 2 heterocycles. The number of hydrogen-bond acceptors (Lipinski definition) is 4. The topological polar surface area (TPSA) is 61.8 Å². The van der Waals surface area contributed by atoms with Crippen molar-refractivity contribution in [2.45, 2.75) is 31.3 Å². The van der Waals surface area contributed by atoms with Crippen LogP contribution in [0.4, 0.5) is 15.8 Å². The van der Waals surface area contributed by atoms with Crippen LogP contribution in [0, 0.1) is 5.82 Å². The van der Waals surface area contributed by atoms with Crippen molar-refractivity contribution in [3.05, 3.63) is 51.8 Å². The number of hydrogen-bond donors (Lipinski definition) is 2. The molecule has 0 bridgehead atoms. The molecule has 4 rings (SSSR count). The summed E-state index contributed by atoms with van der Waals surface area (Å²) < 4.78 is 20.1. The molecule has 2 aliphatic rings. The maximum atomic E-state index is 14.2. The van der Waals surface area contributed by atoms with Crippen molar-refractivity contribution in [1.29, 1.82) is 0 Å². The van der Waals surface area contributed by atoms with Crippen LogP contribution in [0.15, 0.2) is 30.3 Å². The highest BCUT2D eigenvalue weighted by Crippen LogP contribution is 2.38. The number of fused-ring (bicyclic) bond motifs is 1. The lowest BCUT2D eigenvalue weighted by Crippen LogP contribution is -2.48. The number of anilines is 2. The average Bonchev–Trinajstić information content (AvgIpc) is 2.69. The van der Waals surface area contributed by atoms with Crippen LogP contribution in [-0.4, -0.2) is 36.3 Å². The van der Waals surface area contributed by atoms with Gasteiger partial charge in [0.25, 0.3) is 0 Å². The van der Waals surface area contributed by atoms with E-state index in [1.807, 2.05) is 4.90 Å². The third-order valence-electron chi connectivity index (χ3n) is 5.53. The minimum atomic E-state index is -1.01. The van der Waals surface area contributed by atoms with Crippen LogP contribution in [0.1, 0.15) is 24.8 Å². The van der Waals surface area contributed by atoms with E-state index in [4.69, 9.17) is 27.9 Å². The molecule has 2 aromatic rings. The van der Waals surface area contributed by atoms with Crippen molar-refractivity contribution < 1.29 is 19.0 Å². The Kier molecular flexibility index (Phi) is 5.60. The Morgan fingerprint density at radius 2 is 1.93 bits per heavy atom. The summed E-state index contributed by atoms with van der Waals surface area (Å²) in [6.45, 7) is 1.13. The number of ether oxygens (including phenoxy) is 1. The van der Waals surface area contributed by atoms with Gasteiger partial charge in [-0.25, -0.2) is 4.39 Å². The number of carbonyl (C=O) groups is 1. The molecule has 1 fully saturated rings. The fourth-order valence-electron chi connectivity index (χ4n) is 3.82. The highest BCUT2D eigenvalue weighted by Gasteiger charge is 2.34. The molecule has 0 aliphatic carbocycles. The molecule has 0 spiro atoms. The van der Waals surface area contributed by atoms with Gasteiger partial charge in [-0.1, -0.05) is 23.2 Å². The summed E-state index contributed by atoms with van der Waals surface area (Å²) in [5.74, 6) is 0.176. The van der Waals surface area contributed by atoms with Crippen molar-refractivity contribution in [1.82, 2.24) is 0 Å². The molecule has 0 aromatic heterocycles. The Morgan fingerprint density at radius 3 is 2.66 bits per heavy atom. The van der Waals surface area contributed by atoms with Gasteiger partial charge in [-0.3, -0.25) is 4.79 Å². The number of halogens is 3. The van der Waals surface area contributed by atoms with Crippen molar-refractivity contribution in [2.75, 3.05) is 29.9 Å². The number of nitrogens with one attached hydrogen (secondary N) is 1. The zero-order valence-electron chi connectivity index (χ0n) is 15.7. The maximum Gasteiger partial charge on any atom is 0.224 e. The number of rotatable bonds is 4. The monoisotopic (exact) mass is 438 g/mol. The van der Waals surface area contributed by atoms with Crippen molar-refractivity contribution in [3.63, 3.8) is 0 Å². The van der Waals surface area contributed by atoms with E-state index in [1.54, 1.807) is 24.3 Å². The van der Waals surface area contributed by atoms with Crippen LogP contribution < -0.4 is 15.0 Å². The summed E-state index contributed by atoms with van der Waals surface area (Å²) in [6, 6.07) is 8.06. The van der Waals surface area contributed by atoms with Gasteiger partial charge in [0.2, 0.25) is 5.91 Å². The predicted octanol–water partition coefficient (Wildman–Crippen LogP) is 4.43. The van der Waals surface area contributed by atoms with Gasteiger partial charge in [-0.05, 0) is 49.6 Å². The fourth-order valence-corrected chi connectivity index (χ4v) is 4.20. The molecule has 0 atom stereocenters. The number of benzene rings is 2. The van der Waals surface area contributed by atoms with Crippen LogP contribution >= 0.6 is 23.2 Å². The van der Waals surface area contributed by atoms with E-state index in [-0.39, 0.29) is 18.3 Å². The number of amides is 1. The predicted molar refractivity (Wildman–Crippen MR) is 112 cm³/mol. The third kappa shape index (κ3) is 4.29. The van der Waals surface area contributed by atoms with Gasteiger partial charge in [-0.2, -0.15) is 0 Å². The highest BCUT2D eigenvalue weighted by atomic mass is 35.5. The van der Waals surface area contributed by atoms with Gasteiger partial charge in [0.15, 0.2) is 0 Å². The van der Waals surface area contributed by atoms with Gasteiger partial charge in [-0.15, -0.1) is 0 Å². The van der Waals surface area contributed by atoms with Gasteiger partial charge in [0, 0.05) is 30.1 Å². The second-order valence-electron chi connectivity index (χ2n) is 7.54. The number of aliphatic hydroxyl groups is 1. The first kappa shape index (κ1) is 20.3. The lowest BCUT2D eigenvalue weighted by Gasteiger charge is -2.39. The lowest BCUT2D eigenvalue weighted by atomic mass is 9.92. The molecule has 2 aromatic carbocycles.